The van der Waals surface area contributed by atoms with Gasteiger partial charge in [0.05, 0.1) is 0 Å². The van der Waals surface area contributed by atoms with Crippen LogP contribution in [0.3, 0.4) is 0 Å². The molecule has 0 aliphatic heterocycles. The molecule has 18 heavy (non-hydrogen) atoms. The number of nitrogens with zero attached hydrogens (tertiary/aromatic N) is 3. The second-order valence-corrected chi connectivity index (χ2v) is 3.99. The molecule has 0 bridgehead atoms. The van der Waals surface area contributed by atoms with Gasteiger partial charge >= 0.3 is 6.18 Å². The number of rotatable bonds is 5. The molecule has 0 unspecified atom stereocenters. The van der Waals surface area contributed by atoms with Crippen LogP contribution in [0.2, 0.25) is 0 Å². The molecule has 0 atom stereocenters. The van der Waals surface area contributed by atoms with Crippen molar-refractivity contribution in [2.45, 2.75) is 26.4 Å². The molecule has 1 rings (SSSR count). The van der Waals surface area contributed by atoms with Crippen molar-refractivity contribution in [3.05, 3.63) is 11.8 Å². The third-order valence-electron chi connectivity index (χ3n) is 2.33. The number of hydrogen-bond acceptors (Lipinski definition) is 4. The van der Waals surface area contributed by atoms with E-state index in [1.807, 2.05) is 6.92 Å². The first-order valence-electron chi connectivity index (χ1n) is 5.70. The van der Waals surface area contributed by atoms with Gasteiger partial charge in [0.1, 0.15) is 12.4 Å². The van der Waals surface area contributed by atoms with Gasteiger partial charge in [-0.05, 0) is 13.3 Å². The largest absolute Gasteiger partial charge is 0.405 e. The van der Waals surface area contributed by atoms with Crippen LogP contribution in [0.1, 0.15) is 18.9 Å². The topological polar surface area (TPSA) is 41.1 Å². The number of alkyl halides is 3. The Morgan fingerprint density at radius 2 is 2.06 bits per heavy atom. The summed E-state index contributed by atoms with van der Waals surface area (Å²) < 4.78 is 37.6. The molecule has 1 aromatic rings. The van der Waals surface area contributed by atoms with Gasteiger partial charge in [0.2, 0.25) is 5.95 Å². The summed E-state index contributed by atoms with van der Waals surface area (Å²) in [5.41, 5.74) is 0.631. The molecule has 4 nitrogen and oxygen atoms in total. The van der Waals surface area contributed by atoms with E-state index in [1.165, 1.54) is 11.1 Å². The van der Waals surface area contributed by atoms with Crippen molar-refractivity contribution in [2.24, 2.45) is 0 Å². The summed E-state index contributed by atoms with van der Waals surface area (Å²) in [4.78, 5) is 9.30. The van der Waals surface area contributed by atoms with E-state index in [-0.39, 0.29) is 0 Å². The summed E-state index contributed by atoms with van der Waals surface area (Å²) in [6.07, 6.45) is -2.10. The fourth-order valence-electron chi connectivity index (χ4n) is 1.62. The summed E-state index contributed by atoms with van der Waals surface area (Å²) in [7, 11) is 1.63. The van der Waals surface area contributed by atoms with Crippen LogP contribution >= 0.6 is 0 Å². The van der Waals surface area contributed by atoms with Gasteiger partial charge in [0.15, 0.2) is 0 Å². The Morgan fingerprint density at radius 3 is 2.56 bits per heavy atom. The standard InChI is InChI=1S/C11H17F3N4/c1-4-5-18(7-11(12,13)14)9-8(2)6-16-10(15-3)17-9/h6H,4-5,7H2,1-3H3,(H,15,16,17). The van der Waals surface area contributed by atoms with Gasteiger partial charge in [-0.15, -0.1) is 0 Å². The lowest BCUT2D eigenvalue weighted by atomic mass is 10.3. The smallest absolute Gasteiger partial charge is 0.357 e. The predicted molar refractivity (Wildman–Crippen MR) is 64.9 cm³/mol. The zero-order valence-corrected chi connectivity index (χ0v) is 10.7. The lowest BCUT2D eigenvalue weighted by Crippen LogP contribution is -2.36. The molecule has 0 aliphatic rings. The van der Waals surface area contributed by atoms with Crippen LogP contribution < -0.4 is 10.2 Å². The molecule has 1 N–H and O–H groups in total. The molecule has 0 fully saturated rings. The van der Waals surface area contributed by atoms with Gasteiger partial charge < -0.3 is 10.2 Å². The Hall–Kier alpha value is -1.53. The van der Waals surface area contributed by atoms with Crippen LogP contribution in [0.4, 0.5) is 24.9 Å². The van der Waals surface area contributed by atoms with Gasteiger partial charge in [0.25, 0.3) is 0 Å². The van der Waals surface area contributed by atoms with E-state index in [1.54, 1.807) is 14.0 Å². The monoisotopic (exact) mass is 262 g/mol. The van der Waals surface area contributed by atoms with Gasteiger partial charge in [-0.1, -0.05) is 6.92 Å². The molecule has 0 aliphatic carbocycles. The maximum absolute atomic E-state index is 12.5. The SMILES string of the molecule is CCCN(CC(F)(F)F)c1nc(NC)ncc1C. The minimum atomic E-state index is -4.24. The second kappa shape index (κ2) is 5.88. The van der Waals surface area contributed by atoms with Crippen LogP contribution in [0.5, 0.6) is 0 Å². The van der Waals surface area contributed by atoms with Crippen molar-refractivity contribution in [1.29, 1.82) is 0 Å². The molecule has 1 aromatic heterocycles. The Kier molecular flexibility index (Phi) is 4.75. The second-order valence-electron chi connectivity index (χ2n) is 3.99. The number of aromatic nitrogens is 2. The quantitative estimate of drug-likeness (QED) is 0.885. The minimum absolute atomic E-state index is 0.306. The first-order chi connectivity index (χ1) is 8.37. The third-order valence-corrected chi connectivity index (χ3v) is 2.33. The van der Waals surface area contributed by atoms with E-state index in [0.29, 0.717) is 30.3 Å². The molecule has 0 radical (unpaired) electrons. The van der Waals surface area contributed by atoms with Gasteiger partial charge in [-0.3, -0.25) is 0 Å². The lowest BCUT2D eigenvalue weighted by Gasteiger charge is -2.25. The van der Waals surface area contributed by atoms with Crippen molar-refractivity contribution in [1.82, 2.24) is 9.97 Å². The molecule has 102 valence electrons. The minimum Gasteiger partial charge on any atom is -0.357 e. The molecular weight excluding hydrogens is 245 g/mol. The average Bonchev–Trinajstić information content (AvgIpc) is 2.27. The Balaban J connectivity index is 3.04. The molecule has 0 saturated carbocycles. The van der Waals surface area contributed by atoms with E-state index >= 15 is 0 Å². The first-order valence-corrected chi connectivity index (χ1v) is 5.70. The van der Waals surface area contributed by atoms with E-state index < -0.39 is 12.7 Å². The van der Waals surface area contributed by atoms with Crippen LogP contribution in [0.15, 0.2) is 6.20 Å². The first kappa shape index (κ1) is 14.5. The van der Waals surface area contributed by atoms with Crippen molar-refractivity contribution in [2.75, 3.05) is 30.4 Å². The zero-order chi connectivity index (χ0) is 13.8. The van der Waals surface area contributed by atoms with Crippen LogP contribution in [-0.4, -0.2) is 36.3 Å². The average molecular weight is 262 g/mol. The molecule has 0 spiro atoms. The van der Waals surface area contributed by atoms with Gasteiger partial charge in [-0.25, -0.2) is 4.98 Å². The van der Waals surface area contributed by atoms with Crippen molar-refractivity contribution in [3.8, 4) is 0 Å². The highest BCUT2D eigenvalue weighted by atomic mass is 19.4. The molecular formula is C11H17F3N4. The maximum Gasteiger partial charge on any atom is 0.405 e. The highest BCUT2D eigenvalue weighted by Crippen LogP contribution is 2.23. The molecule has 7 heteroatoms. The van der Waals surface area contributed by atoms with Gasteiger partial charge in [-0.2, -0.15) is 18.2 Å². The molecule has 0 aromatic carbocycles. The normalized spacial score (nSPS) is 11.4. The number of aryl methyl sites for hydroxylation is 1. The highest BCUT2D eigenvalue weighted by molar-refractivity contribution is 5.49. The maximum atomic E-state index is 12.5. The number of hydrogen-bond donors (Lipinski definition) is 1. The van der Waals surface area contributed by atoms with Crippen molar-refractivity contribution in [3.63, 3.8) is 0 Å². The van der Waals surface area contributed by atoms with E-state index in [2.05, 4.69) is 15.3 Å². The van der Waals surface area contributed by atoms with Crippen molar-refractivity contribution < 1.29 is 13.2 Å². The lowest BCUT2D eigenvalue weighted by molar-refractivity contribution is -0.119. The Morgan fingerprint density at radius 1 is 1.39 bits per heavy atom. The molecule has 0 amide bonds. The Bertz CT molecular complexity index is 392. The summed E-state index contributed by atoms with van der Waals surface area (Å²) in [6.45, 7) is 2.84. The summed E-state index contributed by atoms with van der Waals surface area (Å²) in [5, 5.41) is 2.72. The molecule has 0 saturated heterocycles. The van der Waals surface area contributed by atoms with Gasteiger partial charge in [0, 0.05) is 25.4 Å². The van der Waals surface area contributed by atoms with E-state index in [4.69, 9.17) is 0 Å². The zero-order valence-electron chi connectivity index (χ0n) is 10.7. The van der Waals surface area contributed by atoms with E-state index in [9.17, 15) is 13.2 Å². The Labute approximate surface area is 104 Å². The van der Waals surface area contributed by atoms with E-state index in [0.717, 1.165) is 0 Å². The summed E-state index contributed by atoms with van der Waals surface area (Å²) in [6, 6.07) is 0. The van der Waals surface area contributed by atoms with Crippen LogP contribution in [0, 0.1) is 6.92 Å². The fourth-order valence-corrected chi connectivity index (χ4v) is 1.62. The molecule has 1 heterocycles. The number of anilines is 2. The highest BCUT2D eigenvalue weighted by Gasteiger charge is 2.31. The van der Waals surface area contributed by atoms with Crippen molar-refractivity contribution >= 4 is 11.8 Å². The summed E-state index contributed by atoms with van der Waals surface area (Å²) >= 11 is 0. The van der Waals surface area contributed by atoms with Crippen LogP contribution in [0.25, 0.3) is 0 Å². The summed E-state index contributed by atoms with van der Waals surface area (Å²) in [5.74, 6) is 0.646. The van der Waals surface area contributed by atoms with Crippen LogP contribution in [-0.2, 0) is 0 Å². The third kappa shape index (κ3) is 4.05. The predicted octanol–water partition coefficient (Wildman–Crippen LogP) is 2.61. The fraction of sp³-hybridized carbons (Fsp3) is 0.636. The number of nitrogens with one attached hydrogen (secondary N) is 1. The number of halogens is 3.